The number of hydrogen-bond acceptors (Lipinski definition) is 4. The fraction of sp³-hybridized carbons (Fsp3) is 0.200. The first-order valence-corrected chi connectivity index (χ1v) is 6.87. The van der Waals surface area contributed by atoms with Gasteiger partial charge in [-0.3, -0.25) is 0 Å². The van der Waals surface area contributed by atoms with Gasteiger partial charge in [-0.05, 0) is 36.0 Å². The van der Waals surface area contributed by atoms with Gasteiger partial charge in [0.15, 0.2) is 4.77 Å². The number of H-pyrrole nitrogens is 1. The van der Waals surface area contributed by atoms with E-state index in [1.54, 1.807) is 20.4 Å². The molecule has 0 bridgehead atoms. The van der Waals surface area contributed by atoms with Gasteiger partial charge in [-0.25, -0.2) is 4.98 Å². The van der Waals surface area contributed by atoms with Crippen LogP contribution in [-0.4, -0.2) is 28.8 Å². The molecule has 0 unspecified atom stereocenters. The number of ether oxygens (including phenoxy) is 2. The van der Waals surface area contributed by atoms with Gasteiger partial charge in [-0.15, -0.1) is 0 Å². The largest absolute Gasteiger partial charge is 0.497 e. The van der Waals surface area contributed by atoms with Crippen LogP contribution in [0.4, 0.5) is 0 Å². The van der Waals surface area contributed by atoms with E-state index in [4.69, 9.17) is 21.7 Å². The Bertz CT molecular complexity index is 838. The smallest absolute Gasteiger partial charge is 0.213 e. The van der Waals surface area contributed by atoms with Crippen LogP contribution < -0.4 is 9.47 Å². The number of aromatic nitrogens is 3. The van der Waals surface area contributed by atoms with E-state index < -0.39 is 0 Å². The number of rotatable bonds is 4. The van der Waals surface area contributed by atoms with Gasteiger partial charge in [0, 0.05) is 18.3 Å². The standard InChI is InChI=1S/C15H15N3O2S/c1-19-11-3-4-13-12(8-11)17-15(21)18(13)9-10-5-6-16-14(7-10)20-2/h3-8H,9H2,1-2H3,(H,17,21). The first kappa shape index (κ1) is 13.6. The summed E-state index contributed by atoms with van der Waals surface area (Å²) in [4.78, 5) is 7.31. The molecule has 0 radical (unpaired) electrons. The van der Waals surface area contributed by atoms with E-state index in [9.17, 15) is 0 Å². The molecule has 5 nitrogen and oxygen atoms in total. The van der Waals surface area contributed by atoms with Crippen molar-refractivity contribution in [1.29, 1.82) is 0 Å². The maximum Gasteiger partial charge on any atom is 0.213 e. The number of pyridine rings is 1. The lowest BCUT2D eigenvalue weighted by molar-refractivity contribution is 0.397. The Morgan fingerprint density at radius 2 is 2.05 bits per heavy atom. The average Bonchev–Trinajstić information content (AvgIpc) is 2.82. The zero-order valence-corrected chi connectivity index (χ0v) is 12.6. The molecule has 2 heterocycles. The van der Waals surface area contributed by atoms with Crippen LogP contribution in [0.5, 0.6) is 11.6 Å². The van der Waals surface area contributed by atoms with E-state index in [-0.39, 0.29) is 0 Å². The molecule has 0 amide bonds. The number of benzene rings is 1. The van der Waals surface area contributed by atoms with E-state index in [2.05, 4.69) is 9.97 Å². The van der Waals surface area contributed by atoms with Crippen LogP contribution in [0.3, 0.4) is 0 Å². The Morgan fingerprint density at radius 1 is 1.19 bits per heavy atom. The van der Waals surface area contributed by atoms with Crippen molar-refractivity contribution in [1.82, 2.24) is 14.5 Å². The third-order valence-corrected chi connectivity index (χ3v) is 3.65. The molecule has 1 aromatic carbocycles. The minimum atomic E-state index is 0.598. The van der Waals surface area contributed by atoms with E-state index in [1.165, 1.54) is 0 Å². The summed E-state index contributed by atoms with van der Waals surface area (Å²) in [5.74, 6) is 1.40. The number of aromatic amines is 1. The number of hydrogen-bond donors (Lipinski definition) is 1. The molecule has 21 heavy (non-hydrogen) atoms. The van der Waals surface area contributed by atoms with Crippen molar-refractivity contribution in [3.8, 4) is 11.6 Å². The Balaban J connectivity index is 2.03. The van der Waals surface area contributed by atoms with Crippen LogP contribution in [0, 0.1) is 4.77 Å². The van der Waals surface area contributed by atoms with Gasteiger partial charge in [-0.1, -0.05) is 0 Å². The fourth-order valence-corrected chi connectivity index (χ4v) is 2.54. The van der Waals surface area contributed by atoms with E-state index in [0.29, 0.717) is 17.2 Å². The molecule has 0 aliphatic heterocycles. The van der Waals surface area contributed by atoms with Gasteiger partial charge in [0.1, 0.15) is 5.75 Å². The highest BCUT2D eigenvalue weighted by Gasteiger charge is 2.07. The molecule has 0 aliphatic rings. The molecule has 0 fully saturated rings. The molecule has 0 spiro atoms. The van der Waals surface area contributed by atoms with Gasteiger partial charge in [0.25, 0.3) is 0 Å². The molecule has 3 rings (SSSR count). The van der Waals surface area contributed by atoms with Crippen LogP contribution in [0.2, 0.25) is 0 Å². The Hall–Kier alpha value is -2.34. The molecule has 2 aromatic heterocycles. The number of methoxy groups -OCH3 is 2. The monoisotopic (exact) mass is 301 g/mol. The quantitative estimate of drug-likeness (QED) is 0.752. The highest BCUT2D eigenvalue weighted by atomic mass is 32.1. The SMILES string of the molecule is COc1ccc2c(c1)[nH]c(=S)n2Cc1ccnc(OC)c1. The molecule has 0 saturated heterocycles. The number of fused-ring (bicyclic) bond motifs is 1. The number of nitrogens with zero attached hydrogens (tertiary/aromatic N) is 2. The first-order chi connectivity index (χ1) is 10.2. The van der Waals surface area contributed by atoms with Gasteiger partial charge in [-0.2, -0.15) is 0 Å². The summed E-state index contributed by atoms with van der Waals surface area (Å²) in [7, 11) is 3.26. The summed E-state index contributed by atoms with van der Waals surface area (Å²) in [5.41, 5.74) is 3.08. The molecule has 1 N–H and O–H groups in total. The van der Waals surface area contributed by atoms with Crippen molar-refractivity contribution in [2.24, 2.45) is 0 Å². The minimum Gasteiger partial charge on any atom is -0.497 e. The third kappa shape index (κ3) is 2.62. The molecule has 6 heteroatoms. The second-order valence-electron chi connectivity index (χ2n) is 4.61. The van der Waals surface area contributed by atoms with Gasteiger partial charge in [0.2, 0.25) is 5.88 Å². The van der Waals surface area contributed by atoms with Crippen molar-refractivity contribution in [2.75, 3.05) is 14.2 Å². The summed E-state index contributed by atoms with van der Waals surface area (Å²) < 4.78 is 13.1. The zero-order chi connectivity index (χ0) is 14.8. The van der Waals surface area contributed by atoms with Crippen LogP contribution in [-0.2, 0) is 6.54 Å². The minimum absolute atomic E-state index is 0.598. The van der Waals surface area contributed by atoms with E-state index in [1.807, 2.05) is 34.9 Å². The van der Waals surface area contributed by atoms with Crippen molar-refractivity contribution in [2.45, 2.75) is 6.54 Å². The van der Waals surface area contributed by atoms with Gasteiger partial charge < -0.3 is 19.0 Å². The molecule has 0 aliphatic carbocycles. The average molecular weight is 301 g/mol. The Labute approximate surface area is 127 Å². The van der Waals surface area contributed by atoms with Crippen LogP contribution >= 0.6 is 12.2 Å². The van der Waals surface area contributed by atoms with Crippen LogP contribution in [0.25, 0.3) is 11.0 Å². The Morgan fingerprint density at radius 3 is 2.81 bits per heavy atom. The third-order valence-electron chi connectivity index (χ3n) is 3.33. The fourth-order valence-electron chi connectivity index (χ4n) is 2.27. The molecular formula is C15H15N3O2S. The van der Waals surface area contributed by atoms with E-state index >= 15 is 0 Å². The molecule has 108 valence electrons. The van der Waals surface area contributed by atoms with Crippen molar-refractivity contribution >= 4 is 23.3 Å². The lowest BCUT2D eigenvalue weighted by atomic mass is 10.2. The second kappa shape index (κ2) is 5.57. The zero-order valence-electron chi connectivity index (χ0n) is 11.8. The van der Waals surface area contributed by atoms with Crippen molar-refractivity contribution in [3.63, 3.8) is 0 Å². The highest BCUT2D eigenvalue weighted by Crippen LogP contribution is 2.21. The molecule has 0 saturated carbocycles. The van der Waals surface area contributed by atoms with Gasteiger partial charge in [0.05, 0.1) is 31.8 Å². The lowest BCUT2D eigenvalue weighted by Crippen LogP contribution is -2.00. The predicted octanol–water partition coefficient (Wildman–Crippen LogP) is 3.16. The first-order valence-electron chi connectivity index (χ1n) is 6.47. The number of imidazole rings is 1. The Kier molecular flexibility index (Phi) is 3.62. The summed E-state index contributed by atoms with van der Waals surface area (Å²) in [5, 5.41) is 0. The molecular weight excluding hydrogens is 286 g/mol. The molecule has 3 aromatic rings. The van der Waals surface area contributed by atoms with Gasteiger partial charge >= 0.3 is 0 Å². The maximum atomic E-state index is 5.41. The second-order valence-corrected chi connectivity index (χ2v) is 4.99. The highest BCUT2D eigenvalue weighted by molar-refractivity contribution is 7.71. The summed E-state index contributed by atoms with van der Waals surface area (Å²) in [6.07, 6.45) is 1.73. The predicted molar refractivity (Wildman–Crippen MR) is 83.6 cm³/mol. The lowest BCUT2D eigenvalue weighted by Gasteiger charge is -2.06. The topological polar surface area (TPSA) is 52.1 Å². The summed E-state index contributed by atoms with van der Waals surface area (Å²) in [6, 6.07) is 9.72. The molecule has 0 atom stereocenters. The normalized spacial score (nSPS) is 10.8. The van der Waals surface area contributed by atoms with E-state index in [0.717, 1.165) is 22.3 Å². The van der Waals surface area contributed by atoms with Crippen molar-refractivity contribution in [3.05, 3.63) is 46.9 Å². The van der Waals surface area contributed by atoms with Crippen LogP contribution in [0.15, 0.2) is 36.5 Å². The number of nitrogens with one attached hydrogen (secondary N) is 1. The summed E-state index contributed by atoms with van der Waals surface area (Å²) in [6.45, 7) is 0.657. The van der Waals surface area contributed by atoms with Crippen LogP contribution in [0.1, 0.15) is 5.56 Å². The maximum absolute atomic E-state index is 5.41. The van der Waals surface area contributed by atoms with Crippen molar-refractivity contribution < 1.29 is 9.47 Å². The summed E-state index contributed by atoms with van der Waals surface area (Å²) >= 11 is 5.41.